The van der Waals surface area contributed by atoms with Gasteiger partial charge in [0.15, 0.2) is 12.6 Å². The van der Waals surface area contributed by atoms with Crippen LogP contribution in [0.15, 0.2) is 0 Å². The molecule has 0 aromatic heterocycles. The number of amides is 1. The van der Waals surface area contributed by atoms with Crippen LogP contribution in [0.25, 0.3) is 0 Å². The summed E-state index contributed by atoms with van der Waals surface area (Å²) in [6.45, 7) is 2.95. The van der Waals surface area contributed by atoms with Crippen LogP contribution in [0.2, 0.25) is 0 Å². The van der Waals surface area contributed by atoms with Gasteiger partial charge in [-0.1, -0.05) is 380 Å². The maximum atomic E-state index is 13.4. The third-order valence-corrected chi connectivity index (χ3v) is 20.3. The first-order valence-corrected chi connectivity index (χ1v) is 40.3. The monoisotopic (exact) mass is 1310 g/mol. The molecule has 0 radical (unpaired) electrons. The average Bonchev–Trinajstić information content (AvgIpc) is 0.827. The summed E-state index contributed by atoms with van der Waals surface area (Å²) in [6.07, 6.45) is 61.5. The molecule has 0 saturated carbocycles. The molecule has 2 aliphatic rings. The fourth-order valence-electron chi connectivity index (χ4n) is 14.0. The van der Waals surface area contributed by atoms with Crippen molar-refractivity contribution in [2.45, 2.75) is 473 Å². The number of unbranched alkanes of at least 4 members (excludes halogenated alkanes) is 56. The van der Waals surface area contributed by atoms with Crippen molar-refractivity contribution in [2.24, 2.45) is 0 Å². The van der Waals surface area contributed by atoms with Crippen molar-refractivity contribution in [1.29, 1.82) is 0 Å². The number of hydrogen-bond acceptors (Lipinski definition) is 13. The summed E-state index contributed by atoms with van der Waals surface area (Å²) in [5.41, 5.74) is 0. The standard InChI is InChI=1S/C78H153NO13/c1-3-5-7-9-11-13-15-17-19-21-23-25-27-29-31-33-34-35-37-39-41-43-45-47-49-51-53-55-57-59-61-67(82)66(65-89-77-75(88)73(86)76(69(64-81)91-77)92-78-74(87)72(85)71(84)68(63-80)90-78)79-70(83)62-60-58-56-54-52-50-48-46-44-42-40-38-36-32-30-28-26-24-22-20-18-16-14-12-10-8-6-4-2/h66-69,71-78,80-82,84-88H,3-65H2,1-2H3,(H,79,83). The zero-order valence-electron chi connectivity index (χ0n) is 60.1. The van der Waals surface area contributed by atoms with E-state index in [0.29, 0.717) is 12.8 Å². The Labute approximate surface area is 565 Å². The van der Waals surface area contributed by atoms with E-state index >= 15 is 0 Å². The molecule has 0 bridgehead atoms. The minimum absolute atomic E-state index is 0.195. The smallest absolute Gasteiger partial charge is 0.220 e. The molecule has 92 heavy (non-hydrogen) atoms. The lowest BCUT2D eigenvalue weighted by Crippen LogP contribution is -2.65. The van der Waals surface area contributed by atoms with Crippen molar-refractivity contribution in [1.82, 2.24) is 5.32 Å². The number of hydrogen-bond donors (Lipinski definition) is 9. The SMILES string of the molecule is CCCCCCCCCCCCCCCCCCCCCCCCCCCCCCCCC(O)C(COC1OC(CO)C(OC2OC(CO)C(O)C(O)C2O)C(O)C1O)NC(=O)CCCCCCCCCCCCCCCCCCCCCCCCCCCCCC. The number of carbonyl (C=O) groups excluding carboxylic acids is 1. The zero-order chi connectivity index (χ0) is 66.6. The number of carbonyl (C=O) groups is 1. The highest BCUT2D eigenvalue weighted by Crippen LogP contribution is 2.31. The maximum Gasteiger partial charge on any atom is 0.220 e. The van der Waals surface area contributed by atoms with E-state index in [0.717, 1.165) is 51.4 Å². The lowest BCUT2D eigenvalue weighted by molar-refractivity contribution is -0.359. The number of aliphatic hydroxyl groups excluding tert-OH is 8. The summed E-state index contributed by atoms with van der Waals surface area (Å²) in [5.74, 6) is -0.195. The van der Waals surface area contributed by atoms with E-state index in [2.05, 4.69) is 19.2 Å². The van der Waals surface area contributed by atoms with Gasteiger partial charge in [0.25, 0.3) is 0 Å². The van der Waals surface area contributed by atoms with E-state index in [1.807, 2.05) is 0 Å². The number of nitrogens with one attached hydrogen (secondary N) is 1. The second kappa shape index (κ2) is 63.4. The highest BCUT2D eigenvalue weighted by atomic mass is 16.7. The van der Waals surface area contributed by atoms with Gasteiger partial charge in [0.2, 0.25) is 5.91 Å². The largest absolute Gasteiger partial charge is 0.394 e. The molecule has 0 spiro atoms. The molecule has 12 atom stereocenters. The summed E-state index contributed by atoms with van der Waals surface area (Å²) >= 11 is 0. The molecule has 0 aromatic carbocycles. The zero-order valence-corrected chi connectivity index (χ0v) is 60.1. The fourth-order valence-corrected chi connectivity index (χ4v) is 14.0. The third kappa shape index (κ3) is 46.3. The van der Waals surface area contributed by atoms with Gasteiger partial charge in [0.05, 0.1) is 32.0 Å². The van der Waals surface area contributed by atoms with E-state index in [-0.39, 0.29) is 12.5 Å². The predicted molar refractivity (Wildman–Crippen MR) is 379 cm³/mol. The Morgan fingerprint density at radius 3 is 0.924 bits per heavy atom. The molecular formula is C78H153NO13. The van der Waals surface area contributed by atoms with Gasteiger partial charge >= 0.3 is 0 Å². The Bertz CT molecular complexity index is 1550. The van der Waals surface area contributed by atoms with E-state index < -0.39 is 86.8 Å². The van der Waals surface area contributed by atoms with Crippen LogP contribution in [0, 0.1) is 0 Å². The average molecular weight is 1310 g/mol. The van der Waals surface area contributed by atoms with Crippen LogP contribution >= 0.6 is 0 Å². The van der Waals surface area contributed by atoms with Gasteiger partial charge in [-0.2, -0.15) is 0 Å². The van der Waals surface area contributed by atoms with Crippen molar-refractivity contribution in [2.75, 3.05) is 19.8 Å². The molecule has 1 amide bonds. The summed E-state index contributed by atoms with van der Waals surface area (Å²) in [4.78, 5) is 13.4. The first kappa shape index (κ1) is 87.1. The van der Waals surface area contributed by atoms with Crippen molar-refractivity contribution < 1.29 is 64.6 Å². The first-order valence-electron chi connectivity index (χ1n) is 40.3. The molecule has 548 valence electrons. The van der Waals surface area contributed by atoms with Crippen molar-refractivity contribution in [3.8, 4) is 0 Å². The lowest BCUT2D eigenvalue weighted by Gasteiger charge is -2.46. The van der Waals surface area contributed by atoms with Crippen LogP contribution in [-0.4, -0.2) is 140 Å². The molecule has 2 rings (SSSR count). The van der Waals surface area contributed by atoms with E-state index in [4.69, 9.17) is 18.9 Å². The van der Waals surface area contributed by atoms with Crippen LogP contribution in [0.4, 0.5) is 0 Å². The molecule has 2 heterocycles. The quantitative estimate of drug-likeness (QED) is 0.0259. The van der Waals surface area contributed by atoms with Crippen LogP contribution in [0.5, 0.6) is 0 Å². The van der Waals surface area contributed by atoms with Crippen LogP contribution in [0.1, 0.15) is 399 Å². The minimum Gasteiger partial charge on any atom is -0.394 e. The van der Waals surface area contributed by atoms with Crippen LogP contribution in [0.3, 0.4) is 0 Å². The molecule has 2 saturated heterocycles. The summed E-state index contributed by atoms with van der Waals surface area (Å²) in [5, 5.41) is 87.9. The summed E-state index contributed by atoms with van der Waals surface area (Å²) in [7, 11) is 0. The molecule has 2 fully saturated rings. The highest BCUT2D eigenvalue weighted by molar-refractivity contribution is 5.76. The molecule has 14 nitrogen and oxygen atoms in total. The Morgan fingerprint density at radius 2 is 0.620 bits per heavy atom. The minimum atomic E-state index is -1.78. The highest BCUT2D eigenvalue weighted by Gasteiger charge is 2.51. The molecule has 2 aliphatic heterocycles. The van der Waals surface area contributed by atoms with E-state index in [1.165, 1.54) is 321 Å². The van der Waals surface area contributed by atoms with Gasteiger partial charge in [-0.25, -0.2) is 0 Å². The molecule has 9 N–H and O–H groups in total. The van der Waals surface area contributed by atoms with Crippen LogP contribution < -0.4 is 5.32 Å². The summed E-state index contributed by atoms with van der Waals surface area (Å²) in [6, 6.07) is -0.825. The van der Waals surface area contributed by atoms with E-state index in [9.17, 15) is 45.6 Å². The van der Waals surface area contributed by atoms with E-state index in [1.54, 1.807) is 0 Å². The Kier molecular flexibility index (Phi) is 60.0. The molecule has 0 aromatic rings. The number of aliphatic hydroxyl groups is 8. The van der Waals surface area contributed by atoms with Gasteiger partial charge in [0.1, 0.15) is 48.8 Å². The Morgan fingerprint density at radius 1 is 0.348 bits per heavy atom. The number of ether oxygens (including phenoxy) is 4. The molecule has 0 aliphatic carbocycles. The normalized spacial score (nSPS) is 22.5. The fraction of sp³-hybridized carbons (Fsp3) is 0.987. The second-order valence-corrected chi connectivity index (χ2v) is 28.9. The molecular weight excluding hydrogens is 1160 g/mol. The lowest BCUT2D eigenvalue weighted by atomic mass is 9.97. The first-order chi connectivity index (χ1) is 45.1. The topological polar surface area (TPSA) is 228 Å². The van der Waals surface area contributed by atoms with Gasteiger partial charge in [0, 0.05) is 6.42 Å². The van der Waals surface area contributed by atoms with Crippen LogP contribution in [-0.2, 0) is 23.7 Å². The summed E-state index contributed by atoms with van der Waals surface area (Å²) < 4.78 is 23.0. The van der Waals surface area contributed by atoms with Crippen molar-refractivity contribution in [3.63, 3.8) is 0 Å². The number of rotatable bonds is 69. The molecule has 14 heteroatoms. The van der Waals surface area contributed by atoms with Gasteiger partial charge < -0.3 is 65.1 Å². The molecule has 12 unspecified atom stereocenters. The van der Waals surface area contributed by atoms with Crippen molar-refractivity contribution in [3.05, 3.63) is 0 Å². The Hall–Kier alpha value is -1.01. The maximum absolute atomic E-state index is 13.4. The second-order valence-electron chi connectivity index (χ2n) is 28.9. The van der Waals surface area contributed by atoms with Gasteiger partial charge in [-0.05, 0) is 12.8 Å². The Balaban J connectivity index is 1.60. The van der Waals surface area contributed by atoms with Gasteiger partial charge in [-0.3, -0.25) is 4.79 Å². The predicted octanol–water partition coefficient (Wildman–Crippen LogP) is 17.9. The third-order valence-electron chi connectivity index (χ3n) is 20.3. The van der Waals surface area contributed by atoms with Gasteiger partial charge in [-0.15, -0.1) is 0 Å². The van der Waals surface area contributed by atoms with Crippen molar-refractivity contribution >= 4 is 5.91 Å².